The summed E-state index contributed by atoms with van der Waals surface area (Å²) in [6, 6.07) is 0.695. The molecule has 2 heterocycles. The normalized spacial score (nSPS) is 24.0. The van der Waals surface area contributed by atoms with Crippen LogP contribution in [0.2, 0.25) is 0 Å². The van der Waals surface area contributed by atoms with Crippen molar-refractivity contribution < 1.29 is 0 Å². The largest absolute Gasteiger partial charge is 0.293 e. The number of nitrogens with zero attached hydrogens (tertiary/aromatic N) is 4. The lowest BCUT2D eigenvalue weighted by Gasteiger charge is -2.32. The van der Waals surface area contributed by atoms with Crippen LogP contribution >= 0.6 is 0 Å². The zero-order chi connectivity index (χ0) is 9.97. The van der Waals surface area contributed by atoms with Crippen LogP contribution < -0.4 is 0 Å². The standard InChI is InChI=1S/C10H18N4/c1-9-5-3-4-6-14(9)7-10-11-8-12-13(10)2/h8-9H,3-7H2,1-2H3. The minimum absolute atomic E-state index is 0.695. The molecule has 0 aliphatic carbocycles. The van der Waals surface area contributed by atoms with Gasteiger partial charge in [-0.05, 0) is 26.3 Å². The van der Waals surface area contributed by atoms with Gasteiger partial charge in [0.2, 0.25) is 0 Å². The Bertz CT molecular complexity index is 294. The first-order valence-corrected chi connectivity index (χ1v) is 5.34. The third-order valence-corrected chi connectivity index (χ3v) is 3.09. The molecule has 0 bridgehead atoms. The van der Waals surface area contributed by atoms with Gasteiger partial charge in [-0.15, -0.1) is 0 Å². The Balaban J connectivity index is 1.99. The van der Waals surface area contributed by atoms with E-state index < -0.39 is 0 Å². The lowest BCUT2D eigenvalue weighted by atomic mass is 10.0. The SMILES string of the molecule is CC1CCCCN1Cc1ncnn1C. The van der Waals surface area contributed by atoms with Crippen LogP contribution in [0.1, 0.15) is 32.0 Å². The van der Waals surface area contributed by atoms with E-state index in [2.05, 4.69) is 21.9 Å². The van der Waals surface area contributed by atoms with Crippen molar-refractivity contribution >= 4 is 0 Å². The molecule has 1 fully saturated rings. The minimum Gasteiger partial charge on any atom is -0.293 e. The Morgan fingerprint density at radius 1 is 1.50 bits per heavy atom. The summed E-state index contributed by atoms with van der Waals surface area (Å²) in [6.45, 7) is 4.45. The maximum absolute atomic E-state index is 4.25. The van der Waals surface area contributed by atoms with E-state index in [9.17, 15) is 0 Å². The molecule has 4 heteroatoms. The molecule has 1 aromatic heterocycles. The van der Waals surface area contributed by atoms with Crippen molar-refractivity contribution in [3.63, 3.8) is 0 Å². The van der Waals surface area contributed by atoms with Crippen molar-refractivity contribution in [3.05, 3.63) is 12.2 Å². The number of aryl methyl sites for hydroxylation is 1. The van der Waals surface area contributed by atoms with Crippen LogP contribution in [0.3, 0.4) is 0 Å². The van der Waals surface area contributed by atoms with Crippen molar-refractivity contribution in [2.75, 3.05) is 6.54 Å². The number of piperidine rings is 1. The van der Waals surface area contributed by atoms with Crippen molar-refractivity contribution in [2.45, 2.75) is 38.8 Å². The quantitative estimate of drug-likeness (QED) is 0.709. The highest BCUT2D eigenvalue weighted by molar-refractivity contribution is 4.86. The average molecular weight is 194 g/mol. The van der Waals surface area contributed by atoms with Gasteiger partial charge in [-0.3, -0.25) is 9.58 Å². The molecule has 14 heavy (non-hydrogen) atoms. The van der Waals surface area contributed by atoms with Gasteiger partial charge in [-0.2, -0.15) is 5.10 Å². The van der Waals surface area contributed by atoms with E-state index in [1.807, 2.05) is 11.7 Å². The van der Waals surface area contributed by atoms with Crippen molar-refractivity contribution in [2.24, 2.45) is 7.05 Å². The van der Waals surface area contributed by atoms with E-state index in [4.69, 9.17) is 0 Å². The molecule has 0 radical (unpaired) electrons. The van der Waals surface area contributed by atoms with Gasteiger partial charge in [0.05, 0.1) is 6.54 Å². The van der Waals surface area contributed by atoms with Crippen LogP contribution in [0.4, 0.5) is 0 Å². The molecule has 4 nitrogen and oxygen atoms in total. The fraction of sp³-hybridized carbons (Fsp3) is 0.800. The van der Waals surface area contributed by atoms with Crippen LogP contribution in [0.5, 0.6) is 0 Å². The van der Waals surface area contributed by atoms with Gasteiger partial charge in [0.1, 0.15) is 12.2 Å². The van der Waals surface area contributed by atoms with E-state index >= 15 is 0 Å². The molecule has 78 valence electrons. The monoisotopic (exact) mass is 194 g/mol. The first-order valence-electron chi connectivity index (χ1n) is 5.34. The number of rotatable bonds is 2. The summed E-state index contributed by atoms with van der Waals surface area (Å²) in [4.78, 5) is 6.75. The second-order valence-corrected chi connectivity index (χ2v) is 4.12. The highest BCUT2D eigenvalue weighted by Gasteiger charge is 2.19. The topological polar surface area (TPSA) is 34.0 Å². The van der Waals surface area contributed by atoms with Gasteiger partial charge >= 0.3 is 0 Å². The second-order valence-electron chi connectivity index (χ2n) is 4.12. The third-order valence-electron chi connectivity index (χ3n) is 3.09. The molecule has 0 N–H and O–H groups in total. The summed E-state index contributed by atoms with van der Waals surface area (Å²) in [6.07, 6.45) is 5.64. The highest BCUT2D eigenvalue weighted by Crippen LogP contribution is 2.17. The molecule has 0 saturated carbocycles. The molecule has 1 saturated heterocycles. The second kappa shape index (κ2) is 4.09. The predicted molar refractivity (Wildman–Crippen MR) is 54.7 cm³/mol. The van der Waals surface area contributed by atoms with E-state index in [0.717, 1.165) is 12.4 Å². The van der Waals surface area contributed by atoms with Crippen LogP contribution in [0, 0.1) is 0 Å². The van der Waals surface area contributed by atoms with Gasteiger partial charge in [0.15, 0.2) is 0 Å². The van der Waals surface area contributed by atoms with Crippen LogP contribution in [0.25, 0.3) is 0 Å². The summed E-state index contributed by atoms with van der Waals surface area (Å²) in [5, 5.41) is 4.09. The zero-order valence-corrected chi connectivity index (χ0v) is 8.98. The summed E-state index contributed by atoms with van der Waals surface area (Å²) in [5.41, 5.74) is 0. The number of hydrogen-bond acceptors (Lipinski definition) is 3. The molecule has 0 aromatic carbocycles. The van der Waals surface area contributed by atoms with Gasteiger partial charge in [0, 0.05) is 13.1 Å². The van der Waals surface area contributed by atoms with Crippen molar-refractivity contribution in [3.8, 4) is 0 Å². The summed E-state index contributed by atoms with van der Waals surface area (Å²) in [5.74, 6) is 1.07. The zero-order valence-electron chi connectivity index (χ0n) is 8.98. The maximum atomic E-state index is 4.25. The number of aromatic nitrogens is 3. The molecule has 2 rings (SSSR count). The highest BCUT2D eigenvalue weighted by atomic mass is 15.3. The minimum atomic E-state index is 0.695. The van der Waals surface area contributed by atoms with E-state index in [1.54, 1.807) is 6.33 Å². The number of likely N-dealkylation sites (tertiary alicyclic amines) is 1. The average Bonchev–Trinajstić information content (AvgIpc) is 2.56. The van der Waals surface area contributed by atoms with Crippen LogP contribution in [-0.2, 0) is 13.6 Å². The van der Waals surface area contributed by atoms with Gasteiger partial charge in [-0.1, -0.05) is 6.42 Å². The fourth-order valence-electron chi connectivity index (χ4n) is 2.04. The Kier molecular flexibility index (Phi) is 2.82. The van der Waals surface area contributed by atoms with Gasteiger partial charge in [-0.25, -0.2) is 4.98 Å². The summed E-state index contributed by atoms with van der Waals surface area (Å²) < 4.78 is 1.86. The Morgan fingerprint density at radius 3 is 3.00 bits per heavy atom. The molecule has 1 unspecified atom stereocenters. The molecule has 0 amide bonds. The molecule has 0 spiro atoms. The Labute approximate surface area is 84.9 Å². The van der Waals surface area contributed by atoms with Gasteiger partial charge in [0.25, 0.3) is 0 Å². The van der Waals surface area contributed by atoms with Crippen molar-refractivity contribution in [1.82, 2.24) is 19.7 Å². The van der Waals surface area contributed by atoms with Gasteiger partial charge < -0.3 is 0 Å². The molecule has 1 aliphatic heterocycles. The maximum Gasteiger partial charge on any atom is 0.140 e. The lowest BCUT2D eigenvalue weighted by Crippen LogP contribution is -2.37. The third kappa shape index (κ3) is 1.95. The number of hydrogen-bond donors (Lipinski definition) is 0. The van der Waals surface area contributed by atoms with E-state index in [0.29, 0.717) is 6.04 Å². The van der Waals surface area contributed by atoms with Crippen LogP contribution in [-0.4, -0.2) is 32.3 Å². The van der Waals surface area contributed by atoms with E-state index in [-0.39, 0.29) is 0 Å². The molecular formula is C10H18N4. The van der Waals surface area contributed by atoms with Crippen molar-refractivity contribution in [1.29, 1.82) is 0 Å². The smallest absolute Gasteiger partial charge is 0.140 e. The first kappa shape index (κ1) is 9.65. The predicted octanol–water partition coefficient (Wildman–Crippen LogP) is 1.19. The molecular weight excluding hydrogens is 176 g/mol. The lowest BCUT2D eigenvalue weighted by molar-refractivity contribution is 0.147. The molecule has 1 aliphatic rings. The Morgan fingerprint density at radius 2 is 2.36 bits per heavy atom. The van der Waals surface area contributed by atoms with Crippen LogP contribution in [0.15, 0.2) is 6.33 Å². The summed E-state index contributed by atoms with van der Waals surface area (Å²) >= 11 is 0. The summed E-state index contributed by atoms with van der Waals surface area (Å²) in [7, 11) is 1.96. The molecule has 1 aromatic rings. The molecule has 1 atom stereocenters. The fourth-order valence-corrected chi connectivity index (χ4v) is 2.04. The van der Waals surface area contributed by atoms with E-state index in [1.165, 1.54) is 25.8 Å². The Hall–Kier alpha value is -0.900. The first-order chi connectivity index (χ1) is 6.77.